The fourth-order valence-electron chi connectivity index (χ4n) is 2.61. The lowest BCUT2D eigenvalue weighted by Crippen LogP contribution is -2.50. The maximum absolute atomic E-state index is 12.5. The molecule has 1 unspecified atom stereocenters. The van der Waals surface area contributed by atoms with E-state index in [0.29, 0.717) is 22.7 Å². The van der Waals surface area contributed by atoms with E-state index in [4.69, 9.17) is 11.6 Å². The minimum absolute atomic E-state index is 0.0987. The Morgan fingerprint density at radius 2 is 2.19 bits per heavy atom. The third-order valence-electron chi connectivity index (χ3n) is 3.99. The molecule has 1 fully saturated rings. The highest BCUT2D eigenvalue weighted by atomic mass is 35.5. The van der Waals surface area contributed by atoms with Gasteiger partial charge in [-0.3, -0.25) is 9.59 Å². The molecule has 1 atom stereocenters. The summed E-state index contributed by atoms with van der Waals surface area (Å²) >= 11 is 6.12. The van der Waals surface area contributed by atoms with Crippen LogP contribution in [0, 0.1) is 0 Å². The van der Waals surface area contributed by atoms with E-state index in [9.17, 15) is 9.59 Å². The molecule has 1 aromatic rings. The summed E-state index contributed by atoms with van der Waals surface area (Å²) in [5.74, 6) is -0.315. The standard InChI is InChI=1S/C15H20ClN3O2/c1-3-15(7-4-8-18-15)14(21)19-12-9-10(13(20)17-2)5-6-11(12)16/h5-6,9,18H,3-4,7-8H2,1-2H3,(H,17,20)(H,19,21). The largest absolute Gasteiger partial charge is 0.355 e. The van der Waals surface area contributed by atoms with Gasteiger partial charge in [-0.25, -0.2) is 0 Å². The van der Waals surface area contributed by atoms with Gasteiger partial charge in [-0.2, -0.15) is 0 Å². The van der Waals surface area contributed by atoms with Crippen LogP contribution in [-0.4, -0.2) is 30.9 Å². The molecular weight excluding hydrogens is 290 g/mol. The van der Waals surface area contributed by atoms with Gasteiger partial charge < -0.3 is 16.0 Å². The average Bonchev–Trinajstić information content (AvgIpc) is 2.98. The van der Waals surface area contributed by atoms with E-state index < -0.39 is 5.54 Å². The molecule has 1 aromatic carbocycles. The number of amides is 2. The topological polar surface area (TPSA) is 70.2 Å². The first-order valence-corrected chi connectivity index (χ1v) is 7.48. The Morgan fingerprint density at radius 3 is 2.76 bits per heavy atom. The third-order valence-corrected chi connectivity index (χ3v) is 4.32. The Kier molecular flexibility index (Phi) is 4.85. The van der Waals surface area contributed by atoms with Gasteiger partial charge in [0, 0.05) is 12.6 Å². The van der Waals surface area contributed by atoms with Gasteiger partial charge >= 0.3 is 0 Å². The molecule has 0 aliphatic carbocycles. The summed E-state index contributed by atoms with van der Waals surface area (Å²) in [6.07, 6.45) is 2.50. The molecular formula is C15H20ClN3O2. The molecule has 0 spiro atoms. The van der Waals surface area contributed by atoms with Gasteiger partial charge in [-0.1, -0.05) is 18.5 Å². The molecule has 1 heterocycles. The van der Waals surface area contributed by atoms with Crippen molar-refractivity contribution in [1.29, 1.82) is 0 Å². The molecule has 0 aromatic heterocycles. The van der Waals surface area contributed by atoms with Crippen molar-refractivity contribution in [1.82, 2.24) is 10.6 Å². The van der Waals surface area contributed by atoms with Gasteiger partial charge in [0.15, 0.2) is 0 Å². The zero-order chi connectivity index (χ0) is 15.5. The van der Waals surface area contributed by atoms with E-state index in [1.54, 1.807) is 25.2 Å². The summed E-state index contributed by atoms with van der Waals surface area (Å²) in [7, 11) is 1.56. The van der Waals surface area contributed by atoms with E-state index in [1.165, 1.54) is 0 Å². The molecule has 0 saturated carbocycles. The molecule has 1 saturated heterocycles. The second-order valence-corrected chi connectivity index (χ2v) is 5.60. The second-order valence-electron chi connectivity index (χ2n) is 5.19. The number of hydrogen-bond acceptors (Lipinski definition) is 3. The number of anilines is 1. The van der Waals surface area contributed by atoms with Crippen molar-refractivity contribution in [2.45, 2.75) is 31.7 Å². The van der Waals surface area contributed by atoms with Gasteiger partial charge in [-0.05, 0) is 44.0 Å². The van der Waals surface area contributed by atoms with E-state index in [-0.39, 0.29) is 11.8 Å². The first-order valence-electron chi connectivity index (χ1n) is 7.10. The van der Waals surface area contributed by atoms with Crippen LogP contribution in [0.4, 0.5) is 5.69 Å². The predicted molar refractivity (Wildman–Crippen MR) is 83.7 cm³/mol. The first-order chi connectivity index (χ1) is 10.0. The van der Waals surface area contributed by atoms with Crippen LogP contribution in [0.1, 0.15) is 36.5 Å². The Morgan fingerprint density at radius 1 is 1.43 bits per heavy atom. The third kappa shape index (κ3) is 3.19. The van der Waals surface area contributed by atoms with E-state index in [1.807, 2.05) is 6.92 Å². The van der Waals surface area contributed by atoms with Gasteiger partial charge in [0.1, 0.15) is 0 Å². The fourth-order valence-corrected chi connectivity index (χ4v) is 2.78. The van der Waals surface area contributed by atoms with Crippen LogP contribution < -0.4 is 16.0 Å². The summed E-state index contributed by atoms with van der Waals surface area (Å²) in [6.45, 7) is 2.83. The lowest BCUT2D eigenvalue weighted by Gasteiger charge is -2.27. The molecule has 1 aliphatic rings. The quantitative estimate of drug-likeness (QED) is 0.798. The number of rotatable bonds is 4. The highest BCUT2D eigenvalue weighted by Crippen LogP contribution is 2.28. The Bertz CT molecular complexity index is 554. The van der Waals surface area contributed by atoms with Crippen molar-refractivity contribution in [3.8, 4) is 0 Å². The molecule has 21 heavy (non-hydrogen) atoms. The van der Waals surface area contributed by atoms with Crippen LogP contribution in [0.2, 0.25) is 5.02 Å². The van der Waals surface area contributed by atoms with E-state index in [0.717, 1.165) is 19.4 Å². The van der Waals surface area contributed by atoms with Crippen molar-refractivity contribution in [2.75, 3.05) is 18.9 Å². The second kappa shape index (κ2) is 6.45. The van der Waals surface area contributed by atoms with E-state index in [2.05, 4.69) is 16.0 Å². The van der Waals surface area contributed by atoms with Gasteiger partial charge in [-0.15, -0.1) is 0 Å². The van der Waals surface area contributed by atoms with Crippen molar-refractivity contribution in [3.63, 3.8) is 0 Å². The summed E-state index contributed by atoms with van der Waals surface area (Å²) in [4.78, 5) is 24.2. The zero-order valence-electron chi connectivity index (χ0n) is 12.3. The highest BCUT2D eigenvalue weighted by Gasteiger charge is 2.39. The van der Waals surface area contributed by atoms with Gasteiger partial charge in [0.2, 0.25) is 5.91 Å². The van der Waals surface area contributed by atoms with Crippen molar-refractivity contribution in [3.05, 3.63) is 28.8 Å². The smallest absolute Gasteiger partial charge is 0.251 e. The maximum atomic E-state index is 12.5. The summed E-state index contributed by atoms with van der Waals surface area (Å²) < 4.78 is 0. The Balaban J connectivity index is 2.22. The number of carbonyl (C=O) groups excluding carboxylic acids is 2. The van der Waals surface area contributed by atoms with Crippen LogP contribution in [0.25, 0.3) is 0 Å². The van der Waals surface area contributed by atoms with Gasteiger partial charge in [0.05, 0.1) is 16.2 Å². The van der Waals surface area contributed by atoms with Crippen LogP contribution in [0.5, 0.6) is 0 Å². The molecule has 1 aliphatic heterocycles. The summed E-state index contributed by atoms with van der Waals surface area (Å²) in [6, 6.07) is 4.83. The monoisotopic (exact) mass is 309 g/mol. The van der Waals surface area contributed by atoms with E-state index >= 15 is 0 Å². The Labute approximate surface area is 129 Å². The highest BCUT2D eigenvalue weighted by molar-refractivity contribution is 6.34. The van der Waals surface area contributed by atoms with Gasteiger partial charge in [0.25, 0.3) is 5.91 Å². The van der Waals surface area contributed by atoms with Crippen LogP contribution >= 0.6 is 11.6 Å². The lowest BCUT2D eigenvalue weighted by molar-refractivity contribution is -0.122. The molecule has 2 rings (SSSR count). The van der Waals surface area contributed by atoms with Crippen molar-refractivity contribution in [2.24, 2.45) is 0 Å². The molecule has 5 nitrogen and oxygen atoms in total. The minimum Gasteiger partial charge on any atom is -0.355 e. The van der Waals surface area contributed by atoms with Crippen molar-refractivity contribution < 1.29 is 9.59 Å². The normalized spacial score (nSPS) is 21.1. The molecule has 3 N–H and O–H groups in total. The number of halogens is 1. The number of benzene rings is 1. The molecule has 114 valence electrons. The first kappa shape index (κ1) is 15.8. The Hall–Kier alpha value is -1.59. The molecule has 6 heteroatoms. The van der Waals surface area contributed by atoms with Crippen LogP contribution in [0.3, 0.4) is 0 Å². The van der Waals surface area contributed by atoms with Crippen molar-refractivity contribution >= 4 is 29.1 Å². The molecule has 0 radical (unpaired) electrons. The molecule has 0 bridgehead atoms. The predicted octanol–water partition coefficient (Wildman–Crippen LogP) is 2.17. The zero-order valence-corrected chi connectivity index (χ0v) is 13.0. The summed E-state index contributed by atoms with van der Waals surface area (Å²) in [5, 5.41) is 9.09. The number of nitrogens with one attached hydrogen (secondary N) is 3. The fraction of sp³-hybridized carbons (Fsp3) is 0.467. The minimum atomic E-state index is -0.535. The maximum Gasteiger partial charge on any atom is 0.251 e. The molecule has 2 amide bonds. The lowest BCUT2D eigenvalue weighted by atomic mass is 9.93. The average molecular weight is 310 g/mol. The van der Waals surface area contributed by atoms with Crippen LogP contribution in [0.15, 0.2) is 18.2 Å². The number of hydrogen-bond donors (Lipinski definition) is 3. The SMILES string of the molecule is CCC1(C(=O)Nc2cc(C(=O)NC)ccc2Cl)CCCN1. The van der Waals surface area contributed by atoms with Crippen LogP contribution in [-0.2, 0) is 4.79 Å². The number of carbonyl (C=O) groups is 2. The summed E-state index contributed by atoms with van der Waals surface area (Å²) in [5.41, 5.74) is 0.387.